The molecule has 4 aromatic carbocycles. The average molecular weight is 388 g/mol. The molecular weight excluding hydrogens is 371 g/mol. The van der Waals surface area contributed by atoms with E-state index in [1.165, 1.54) is 0 Å². The monoisotopic (exact) mass is 388 g/mol. The van der Waals surface area contributed by atoms with E-state index in [1.807, 2.05) is 42.5 Å². The summed E-state index contributed by atoms with van der Waals surface area (Å²) >= 11 is 0. The largest absolute Gasteiger partial charge is 0.503 e. The van der Waals surface area contributed by atoms with Crippen molar-refractivity contribution in [1.82, 2.24) is 0 Å². The molecule has 5 heteroatoms. The summed E-state index contributed by atoms with van der Waals surface area (Å²) in [6.07, 6.45) is 0. The first-order valence-electron chi connectivity index (χ1n) is 8.78. The third-order valence-corrected chi connectivity index (χ3v) is 5.85. The third-order valence-electron chi connectivity index (χ3n) is 4.21. The highest BCUT2D eigenvalue weighted by Gasteiger charge is 2.40. The van der Waals surface area contributed by atoms with Gasteiger partial charge in [0.1, 0.15) is 11.5 Å². The Bertz CT molecular complexity index is 1110. The molecule has 0 heterocycles. The van der Waals surface area contributed by atoms with E-state index < -0.39 is 13.1 Å². The highest BCUT2D eigenvalue weighted by molar-refractivity contribution is 7.73. The van der Waals surface area contributed by atoms with Crippen molar-refractivity contribution in [1.29, 1.82) is 0 Å². The Labute approximate surface area is 162 Å². The summed E-state index contributed by atoms with van der Waals surface area (Å²) in [7, 11) is -4.22. The Morgan fingerprint density at radius 2 is 1.11 bits per heavy atom. The molecule has 0 aromatic heterocycles. The van der Waals surface area contributed by atoms with Gasteiger partial charge in [-0.1, -0.05) is 72.8 Å². The molecular formula is C23H17O4P. The molecule has 0 atom stereocenters. The van der Waals surface area contributed by atoms with Crippen LogP contribution in [-0.2, 0) is 4.57 Å². The lowest BCUT2D eigenvalue weighted by Gasteiger charge is -2.19. The van der Waals surface area contributed by atoms with Gasteiger partial charge in [0.2, 0.25) is 0 Å². The lowest BCUT2D eigenvalue weighted by Crippen LogP contribution is -2.12. The van der Waals surface area contributed by atoms with Gasteiger partial charge in [-0.3, -0.25) is 4.79 Å². The minimum atomic E-state index is -4.22. The molecule has 0 bridgehead atoms. The first kappa shape index (κ1) is 18.0. The van der Waals surface area contributed by atoms with Crippen molar-refractivity contribution in [2.75, 3.05) is 0 Å². The molecule has 0 radical (unpaired) electrons. The van der Waals surface area contributed by atoms with Crippen LogP contribution in [-0.4, -0.2) is 5.52 Å². The van der Waals surface area contributed by atoms with E-state index in [0.717, 1.165) is 5.39 Å². The topological polar surface area (TPSA) is 52.6 Å². The second kappa shape index (κ2) is 7.71. The fourth-order valence-electron chi connectivity index (χ4n) is 2.90. The zero-order valence-corrected chi connectivity index (χ0v) is 15.8. The van der Waals surface area contributed by atoms with Crippen molar-refractivity contribution in [3.8, 4) is 11.5 Å². The molecule has 0 aliphatic carbocycles. The van der Waals surface area contributed by atoms with Crippen LogP contribution >= 0.6 is 7.60 Å². The zero-order chi connectivity index (χ0) is 19.4. The fourth-order valence-corrected chi connectivity index (χ4v) is 4.39. The maximum absolute atomic E-state index is 13.7. The molecule has 0 amide bonds. The Balaban J connectivity index is 1.80. The molecule has 138 valence electrons. The van der Waals surface area contributed by atoms with Crippen molar-refractivity contribution < 1.29 is 18.4 Å². The van der Waals surface area contributed by atoms with E-state index in [4.69, 9.17) is 9.05 Å². The Morgan fingerprint density at radius 1 is 0.607 bits per heavy atom. The SMILES string of the molecule is O=C(c1cccc2ccccc12)P(=O)(Oc1ccccc1)Oc1ccccc1. The van der Waals surface area contributed by atoms with Gasteiger partial charge in [-0.2, -0.15) is 0 Å². The summed E-state index contributed by atoms with van der Waals surface area (Å²) in [5, 5.41) is 1.57. The van der Waals surface area contributed by atoms with E-state index >= 15 is 0 Å². The molecule has 0 aliphatic rings. The van der Waals surface area contributed by atoms with Crippen molar-refractivity contribution >= 4 is 23.9 Å². The van der Waals surface area contributed by atoms with Crippen molar-refractivity contribution in [3.05, 3.63) is 109 Å². The number of para-hydroxylation sites is 2. The van der Waals surface area contributed by atoms with Gasteiger partial charge in [-0.25, -0.2) is 4.57 Å². The molecule has 0 saturated heterocycles. The molecule has 0 N–H and O–H groups in total. The molecule has 4 rings (SSSR count). The van der Waals surface area contributed by atoms with E-state index in [1.54, 1.807) is 60.7 Å². The summed E-state index contributed by atoms with van der Waals surface area (Å²) in [5.41, 5.74) is -0.384. The van der Waals surface area contributed by atoms with E-state index in [2.05, 4.69) is 0 Å². The summed E-state index contributed by atoms with van der Waals surface area (Å²) < 4.78 is 25.0. The Morgan fingerprint density at radius 3 is 1.71 bits per heavy atom. The van der Waals surface area contributed by atoms with E-state index in [-0.39, 0.29) is 0 Å². The lowest BCUT2D eigenvalue weighted by molar-refractivity contribution is 0.104. The smallest absolute Gasteiger partial charge is 0.411 e. The van der Waals surface area contributed by atoms with E-state index in [9.17, 15) is 9.36 Å². The van der Waals surface area contributed by atoms with Crippen LogP contribution in [0.4, 0.5) is 0 Å². The lowest BCUT2D eigenvalue weighted by atomic mass is 10.1. The highest BCUT2D eigenvalue weighted by atomic mass is 31.2. The predicted octanol–water partition coefficient (Wildman–Crippen LogP) is 6.33. The van der Waals surface area contributed by atoms with Crippen LogP contribution in [0.15, 0.2) is 103 Å². The summed E-state index contributed by atoms with van der Waals surface area (Å²) in [6, 6.07) is 29.8. The zero-order valence-electron chi connectivity index (χ0n) is 14.9. The first-order valence-corrected chi connectivity index (χ1v) is 10.3. The van der Waals surface area contributed by atoms with Gasteiger partial charge in [-0.15, -0.1) is 0 Å². The number of hydrogen-bond donors (Lipinski definition) is 0. The van der Waals surface area contributed by atoms with Crippen molar-refractivity contribution in [2.45, 2.75) is 0 Å². The van der Waals surface area contributed by atoms with Gasteiger partial charge in [0, 0.05) is 5.56 Å². The maximum Gasteiger partial charge on any atom is 0.503 e. The standard InChI is InChI=1S/C23H17O4P/c24-23(22-17-9-11-18-10-7-8-16-21(18)22)28(25,26-19-12-3-1-4-13-19)27-20-14-5-2-6-15-20/h1-17H. The number of benzene rings is 4. The maximum atomic E-state index is 13.7. The van der Waals surface area contributed by atoms with Crippen LogP contribution in [0.25, 0.3) is 10.8 Å². The molecule has 4 nitrogen and oxygen atoms in total. The van der Waals surface area contributed by atoms with Gasteiger partial charge in [0.25, 0.3) is 5.52 Å². The minimum Gasteiger partial charge on any atom is -0.411 e. The number of fused-ring (bicyclic) bond motifs is 1. The Kier molecular flexibility index (Phi) is 4.96. The fraction of sp³-hybridized carbons (Fsp3) is 0. The average Bonchev–Trinajstić information content (AvgIpc) is 2.74. The van der Waals surface area contributed by atoms with Gasteiger partial charge in [0.05, 0.1) is 0 Å². The third kappa shape index (κ3) is 3.68. The van der Waals surface area contributed by atoms with Crippen LogP contribution in [0.5, 0.6) is 11.5 Å². The highest BCUT2D eigenvalue weighted by Crippen LogP contribution is 2.51. The van der Waals surface area contributed by atoms with Crippen LogP contribution < -0.4 is 9.05 Å². The molecule has 0 aliphatic heterocycles. The predicted molar refractivity (Wildman–Crippen MR) is 110 cm³/mol. The van der Waals surface area contributed by atoms with Crippen molar-refractivity contribution in [3.63, 3.8) is 0 Å². The molecule has 4 aromatic rings. The van der Waals surface area contributed by atoms with Gasteiger partial charge >= 0.3 is 7.60 Å². The second-order valence-corrected chi connectivity index (χ2v) is 7.90. The molecule has 0 spiro atoms. The van der Waals surface area contributed by atoms with Crippen LogP contribution in [0, 0.1) is 0 Å². The van der Waals surface area contributed by atoms with Crippen molar-refractivity contribution in [2.24, 2.45) is 0 Å². The number of hydrogen-bond acceptors (Lipinski definition) is 4. The second-order valence-electron chi connectivity index (χ2n) is 6.14. The van der Waals surface area contributed by atoms with Crippen LogP contribution in [0.3, 0.4) is 0 Å². The minimum absolute atomic E-state index is 0.299. The quantitative estimate of drug-likeness (QED) is 0.362. The molecule has 0 unspecified atom stereocenters. The summed E-state index contributed by atoms with van der Waals surface area (Å²) in [5.74, 6) is 0.603. The number of carbonyl (C=O) groups excluding carboxylic acids is 1. The molecule has 28 heavy (non-hydrogen) atoms. The first-order chi connectivity index (χ1) is 13.7. The van der Waals surface area contributed by atoms with Gasteiger partial charge in [-0.05, 0) is 41.1 Å². The Hall–Kier alpha value is -3.36. The normalized spacial score (nSPS) is 11.1. The van der Waals surface area contributed by atoms with E-state index in [0.29, 0.717) is 22.4 Å². The summed E-state index contributed by atoms with van der Waals surface area (Å²) in [6.45, 7) is 0. The van der Waals surface area contributed by atoms with Crippen LogP contribution in [0.1, 0.15) is 10.4 Å². The van der Waals surface area contributed by atoms with Crippen LogP contribution in [0.2, 0.25) is 0 Å². The van der Waals surface area contributed by atoms with Gasteiger partial charge < -0.3 is 9.05 Å². The van der Waals surface area contributed by atoms with Gasteiger partial charge in [0.15, 0.2) is 0 Å². The number of carbonyl (C=O) groups is 1. The summed E-state index contributed by atoms with van der Waals surface area (Å²) in [4.78, 5) is 13.4. The molecule has 0 saturated carbocycles. The number of rotatable bonds is 6. The molecule has 0 fully saturated rings.